The van der Waals surface area contributed by atoms with Crippen molar-refractivity contribution in [2.75, 3.05) is 23.3 Å². The highest BCUT2D eigenvalue weighted by Gasteiger charge is 2.13. The Bertz CT molecular complexity index is 651. The minimum Gasteiger partial charge on any atom is -0.371 e. The first-order chi connectivity index (χ1) is 10.2. The van der Waals surface area contributed by atoms with Crippen molar-refractivity contribution in [1.82, 2.24) is 0 Å². The van der Waals surface area contributed by atoms with E-state index >= 15 is 0 Å². The number of anilines is 2. The van der Waals surface area contributed by atoms with Crippen LogP contribution in [0.2, 0.25) is 0 Å². The molecule has 1 fully saturated rings. The lowest BCUT2D eigenvalue weighted by molar-refractivity contribution is 0.102. The molecule has 0 atom stereocenters. The van der Waals surface area contributed by atoms with Gasteiger partial charge in [0.25, 0.3) is 5.91 Å². The highest BCUT2D eigenvalue weighted by Crippen LogP contribution is 2.23. The zero-order chi connectivity index (χ0) is 14.7. The van der Waals surface area contributed by atoms with Gasteiger partial charge in [-0.25, -0.2) is 0 Å². The standard InChI is InChI=1S/C17H17IN2O/c18-14-6-3-5-13(11-14)17(21)19-15-7-4-8-16(12-15)20-9-1-2-10-20/h3-8,11-12H,1-2,9-10H2,(H,19,21). The molecule has 1 amide bonds. The second-order valence-electron chi connectivity index (χ2n) is 5.21. The van der Waals surface area contributed by atoms with Gasteiger partial charge >= 0.3 is 0 Å². The van der Waals surface area contributed by atoms with Crippen molar-refractivity contribution < 1.29 is 4.79 Å². The highest BCUT2D eigenvalue weighted by atomic mass is 127. The minimum atomic E-state index is -0.0629. The lowest BCUT2D eigenvalue weighted by atomic mass is 10.2. The van der Waals surface area contributed by atoms with E-state index in [1.165, 1.54) is 18.5 Å². The predicted octanol–water partition coefficient (Wildman–Crippen LogP) is 4.14. The summed E-state index contributed by atoms with van der Waals surface area (Å²) in [5, 5.41) is 2.98. The van der Waals surface area contributed by atoms with E-state index in [0.29, 0.717) is 5.56 Å². The lowest BCUT2D eigenvalue weighted by Crippen LogP contribution is -2.18. The molecule has 0 saturated carbocycles. The molecule has 3 nitrogen and oxygen atoms in total. The van der Waals surface area contributed by atoms with Gasteiger partial charge in [-0.15, -0.1) is 0 Å². The van der Waals surface area contributed by atoms with Gasteiger partial charge in [-0.1, -0.05) is 12.1 Å². The molecule has 1 aliphatic rings. The molecule has 0 aromatic heterocycles. The lowest BCUT2D eigenvalue weighted by Gasteiger charge is -2.18. The number of benzene rings is 2. The zero-order valence-electron chi connectivity index (χ0n) is 11.7. The van der Waals surface area contributed by atoms with E-state index in [1.807, 2.05) is 36.4 Å². The van der Waals surface area contributed by atoms with Crippen LogP contribution in [0.3, 0.4) is 0 Å². The van der Waals surface area contributed by atoms with E-state index in [4.69, 9.17) is 0 Å². The molecule has 21 heavy (non-hydrogen) atoms. The number of halogens is 1. The topological polar surface area (TPSA) is 32.3 Å². The summed E-state index contributed by atoms with van der Waals surface area (Å²) in [6, 6.07) is 15.7. The number of rotatable bonds is 3. The van der Waals surface area contributed by atoms with Crippen LogP contribution in [-0.2, 0) is 0 Å². The first kappa shape index (κ1) is 14.4. The molecule has 2 aromatic carbocycles. The number of hydrogen-bond acceptors (Lipinski definition) is 2. The molecule has 4 heteroatoms. The zero-order valence-corrected chi connectivity index (χ0v) is 13.8. The molecule has 0 aliphatic carbocycles. The second-order valence-corrected chi connectivity index (χ2v) is 6.45. The molecule has 1 N–H and O–H groups in total. The van der Waals surface area contributed by atoms with Crippen LogP contribution in [0.15, 0.2) is 48.5 Å². The van der Waals surface area contributed by atoms with Crippen molar-refractivity contribution in [3.63, 3.8) is 0 Å². The summed E-state index contributed by atoms with van der Waals surface area (Å²) in [7, 11) is 0. The van der Waals surface area contributed by atoms with E-state index in [-0.39, 0.29) is 5.91 Å². The van der Waals surface area contributed by atoms with Crippen LogP contribution in [-0.4, -0.2) is 19.0 Å². The molecule has 108 valence electrons. The first-order valence-corrected chi connectivity index (χ1v) is 8.22. The number of carbonyl (C=O) groups is 1. The van der Waals surface area contributed by atoms with Gasteiger partial charge in [-0.3, -0.25) is 4.79 Å². The summed E-state index contributed by atoms with van der Waals surface area (Å²) >= 11 is 2.21. The van der Waals surface area contributed by atoms with Crippen LogP contribution in [0, 0.1) is 3.57 Å². The summed E-state index contributed by atoms with van der Waals surface area (Å²) in [5.41, 5.74) is 2.73. The van der Waals surface area contributed by atoms with Gasteiger partial charge in [0.05, 0.1) is 0 Å². The summed E-state index contributed by atoms with van der Waals surface area (Å²) < 4.78 is 1.06. The van der Waals surface area contributed by atoms with Crippen molar-refractivity contribution in [2.24, 2.45) is 0 Å². The summed E-state index contributed by atoms with van der Waals surface area (Å²) in [5.74, 6) is -0.0629. The number of nitrogens with one attached hydrogen (secondary N) is 1. The van der Waals surface area contributed by atoms with Gasteiger partial charge in [0.1, 0.15) is 0 Å². The van der Waals surface area contributed by atoms with Crippen molar-refractivity contribution >= 4 is 39.9 Å². The molecule has 0 radical (unpaired) electrons. The van der Waals surface area contributed by atoms with Crippen molar-refractivity contribution in [3.8, 4) is 0 Å². The van der Waals surface area contributed by atoms with E-state index in [2.05, 4.69) is 44.9 Å². The Kier molecular flexibility index (Phi) is 4.43. The number of amides is 1. The third-order valence-electron chi connectivity index (χ3n) is 3.66. The third kappa shape index (κ3) is 3.56. The summed E-state index contributed by atoms with van der Waals surface area (Å²) in [6.45, 7) is 2.21. The predicted molar refractivity (Wildman–Crippen MR) is 95.0 cm³/mol. The maximum Gasteiger partial charge on any atom is 0.255 e. The Morgan fingerprint density at radius 2 is 1.81 bits per heavy atom. The average molecular weight is 392 g/mol. The van der Waals surface area contributed by atoms with Crippen molar-refractivity contribution in [2.45, 2.75) is 12.8 Å². The minimum absolute atomic E-state index is 0.0629. The van der Waals surface area contributed by atoms with Gasteiger partial charge in [-0.05, 0) is 71.8 Å². The number of nitrogens with zero attached hydrogens (tertiary/aromatic N) is 1. The maximum absolute atomic E-state index is 12.3. The molecule has 0 bridgehead atoms. The van der Waals surface area contributed by atoms with Gasteiger partial charge in [0.2, 0.25) is 0 Å². The Labute approximate surface area is 138 Å². The molecular weight excluding hydrogens is 375 g/mol. The Balaban J connectivity index is 1.75. The molecule has 0 unspecified atom stereocenters. The molecule has 1 heterocycles. The largest absolute Gasteiger partial charge is 0.371 e. The van der Waals surface area contributed by atoms with E-state index in [1.54, 1.807) is 0 Å². The van der Waals surface area contributed by atoms with E-state index in [9.17, 15) is 4.79 Å². The van der Waals surface area contributed by atoms with Crippen LogP contribution in [0.4, 0.5) is 11.4 Å². The quantitative estimate of drug-likeness (QED) is 0.797. The monoisotopic (exact) mass is 392 g/mol. The van der Waals surface area contributed by atoms with Crippen LogP contribution in [0.25, 0.3) is 0 Å². The first-order valence-electron chi connectivity index (χ1n) is 7.14. The number of carbonyl (C=O) groups excluding carboxylic acids is 1. The summed E-state index contributed by atoms with van der Waals surface area (Å²) in [4.78, 5) is 14.6. The third-order valence-corrected chi connectivity index (χ3v) is 4.33. The van der Waals surface area contributed by atoms with Crippen LogP contribution in [0.1, 0.15) is 23.2 Å². The molecule has 3 rings (SSSR count). The highest BCUT2D eigenvalue weighted by molar-refractivity contribution is 14.1. The Hall–Kier alpha value is -1.56. The fourth-order valence-electron chi connectivity index (χ4n) is 2.59. The smallest absolute Gasteiger partial charge is 0.255 e. The van der Waals surface area contributed by atoms with E-state index < -0.39 is 0 Å². The van der Waals surface area contributed by atoms with Gasteiger partial charge in [0, 0.05) is 33.6 Å². The fraction of sp³-hybridized carbons (Fsp3) is 0.235. The fourth-order valence-corrected chi connectivity index (χ4v) is 3.13. The molecule has 2 aromatic rings. The Morgan fingerprint density at radius 1 is 1.05 bits per heavy atom. The van der Waals surface area contributed by atoms with E-state index in [0.717, 1.165) is 22.3 Å². The normalized spacial score (nSPS) is 14.2. The second kappa shape index (κ2) is 6.47. The van der Waals surface area contributed by atoms with Crippen LogP contribution in [0.5, 0.6) is 0 Å². The molecule has 1 saturated heterocycles. The molecule has 0 spiro atoms. The van der Waals surface area contributed by atoms with Crippen LogP contribution < -0.4 is 10.2 Å². The van der Waals surface area contributed by atoms with Crippen molar-refractivity contribution in [3.05, 3.63) is 57.7 Å². The van der Waals surface area contributed by atoms with Gasteiger partial charge < -0.3 is 10.2 Å². The van der Waals surface area contributed by atoms with Crippen LogP contribution >= 0.6 is 22.6 Å². The SMILES string of the molecule is O=C(Nc1cccc(N2CCCC2)c1)c1cccc(I)c1. The van der Waals surface area contributed by atoms with Gasteiger partial charge in [0.15, 0.2) is 0 Å². The van der Waals surface area contributed by atoms with Gasteiger partial charge in [-0.2, -0.15) is 0 Å². The number of hydrogen-bond donors (Lipinski definition) is 1. The molecular formula is C17H17IN2O. The average Bonchev–Trinajstić information content (AvgIpc) is 3.02. The molecule has 1 aliphatic heterocycles. The Morgan fingerprint density at radius 3 is 2.57 bits per heavy atom. The van der Waals surface area contributed by atoms with Crippen molar-refractivity contribution in [1.29, 1.82) is 0 Å². The maximum atomic E-state index is 12.3. The summed E-state index contributed by atoms with van der Waals surface area (Å²) in [6.07, 6.45) is 2.50.